The van der Waals surface area contributed by atoms with Crippen molar-refractivity contribution in [1.82, 2.24) is 9.97 Å². The van der Waals surface area contributed by atoms with E-state index in [-0.39, 0.29) is 24.5 Å². The molecule has 0 amide bonds. The zero-order valence-corrected chi connectivity index (χ0v) is 17.6. The molecule has 0 radical (unpaired) electrons. The van der Waals surface area contributed by atoms with E-state index < -0.39 is 5.97 Å². The van der Waals surface area contributed by atoms with E-state index >= 15 is 0 Å². The normalized spacial score (nSPS) is 10.9. The third kappa shape index (κ3) is 4.45. The molecule has 0 unspecified atom stereocenters. The molecule has 3 aromatic carbocycles. The number of hydrogen-bond acceptors (Lipinski definition) is 5. The Bertz CT molecular complexity index is 1470. The second-order valence-electron chi connectivity index (χ2n) is 7.51. The standard InChI is InChI=1S/C27H20N2O4/c30-27(31)22-8-5-11-25(32-16-20-14-12-18-6-1-3-9-23(18)28-20)26(22)33-17-21-15-13-19-7-2-4-10-24(19)29-21/h1-15H,16-17H2,(H,30,31). The molecule has 0 aliphatic heterocycles. The van der Waals surface area contributed by atoms with Gasteiger partial charge in [0.15, 0.2) is 11.5 Å². The molecule has 6 nitrogen and oxygen atoms in total. The third-order valence-corrected chi connectivity index (χ3v) is 5.26. The highest BCUT2D eigenvalue weighted by atomic mass is 16.5. The molecule has 2 heterocycles. The zero-order valence-electron chi connectivity index (χ0n) is 17.6. The van der Waals surface area contributed by atoms with Crippen LogP contribution in [0.1, 0.15) is 21.7 Å². The molecule has 5 rings (SSSR count). The first-order valence-corrected chi connectivity index (χ1v) is 10.5. The van der Waals surface area contributed by atoms with E-state index in [0.717, 1.165) is 27.5 Å². The summed E-state index contributed by atoms with van der Waals surface area (Å²) < 4.78 is 11.9. The van der Waals surface area contributed by atoms with Gasteiger partial charge in [-0.3, -0.25) is 0 Å². The lowest BCUT2D eigenvalue weighted by Crippen LogP contribution is -2.07. The van der Waals surface area contributed by atoms with Crippen LogP contribution in [0.25, 0.3) is 21.8 Å². The maximum atomic E-state index is 11.8. The van der Waals surface area contributed by atoms with Crippen molar-refractivity contribution >= 4 is 27.8 Å². The highest BCUT2D eigenvalue weighted by Crippen LogP contribution is 2.33. The fourth-order valence-corrected chi connectivity index (χ4v) is 3.62. The maximum Gasteiger partial charge on any atom is 0.339 e. The lowest BCUT2D eigenvalue weighted by Gasteiger charge is -2.15. The summed E-state index contributed by atoms with van der Waals surface area (Å²) in [5.74, 6) is -0.586. The summed E-state index contributed by atoms with van der Waals surface area (Å²) in [6.45, 7) is 0.290. The molecule has 0 aliphatic carbocycles. The summed E-state index contributed by atoms with van der Waals surface area (Å²) in [7, 11) is 0. The number of fused-ring (bicyclic) bond motifs is 2. The minimum absolute atomic E-state index is 0.0276. The van der Waals surface area contributed by atoms with E-state index in [1.54, 1.807) is 12.1 Å². The van der Waals surface area contributed by atoms with Gasteiger partial charge >= 0.3 is 5.97 Å². The fourth-order valence-electron chi connectivity index (χ4n) is 3.62. The van der Waals surface area contributed by atoms with Crippen LogP contribution in [0, 0.1) is 0 Å². The summed E-state index contributed by atoms with van der Waals surface area (Å²) in [5, 5.41) is 11.7. The number of para-hydroxylation sites is 3. The number of carbonyl (C=O) groups is 1. The number of benzene rings is 3. The van der Waals surface area contributed by atoms with Crippen LogP contribution in [-0.2, 0) is 13.2 Å². The number of ether oxygens (including phenoxy) is 2. The van der Waals surface area contributed by atoms with Crippen LogP contribution in [0.5, 0.6) is 11.5 Å². The summed E-state index contributed by atoms with van der Waals surface area (Å²) in [5.41, 5.74) is 3.17. The SMILES string of the molecule is O=C(O)c1cccc(OCc2ccc3ccccc3n2)c1OCc1ccc2ccccc2n1. The molecule has 0 fully saturated rings. The van der Waals surface area contributed by atoms with Crippen LogP contribution in [-0.4, -0.2) is 21.0 Å². The summed E-state index contributed by atoms with van der Waals surface area (Å²) in [4.78, 5) is 21.0. The van der Waals surface area contributed by atoms with Crippen LogP contribution >= 0.6 is 0 Å². The van der Waals surface area contributed by atoms with Gasteiger partial charge in [0, 0.05) is 10.8 Å². The van der Waals surface area contributed by atoms with Gasteiger partial charge < -0.3 is 14.6 Å². The van der Waals surface area contributed by atoms with Crippen LogP contribution in [0.3, 0.4) is 0 Å². The van der Waals surface area contributed by atoms with Crippen molar-refractivity contribution in [3.05, 3.63) is 108 Å². The average Bonchev–Trinajstić information content (AvgIpc) is 2.86. The topological polar surface area (TPSA) is 81.5 Å². The van der Waals surface area contributed by atoms with Gasteiger partial charge in [0.05, 0.1) is 22.4 Å². The molecule has 0 aliphatic rings. The predicted octanol–water partition coefficient (Wildman–Crippen LogP) is 5.64. The molecule has 33 heavy (non-hydrogen) atoms. The number of aromatic nitrogens is 2. The molecule has 5 aromatic rings. The Kier molecular flexibility index (Phi) is 5.55. The molecule has 0 saturated carbocycles. The zero-order chi connectivity index (χ0) is 22.6. The van der Waals surface area contributed by atoms with Gasteiger partial charge in [0.25, 0.3) is 0 Å². The number of rotatable bonds is 7. The second-order valence-corrected chi connectivity index (χ2v) is 7.51. The Labute approximate surface area is 190 Å². The number of aromatic carboxylic acids is 1. The van der Waals surface area contributed by atoms with Gasteiger partial charge in [0.2, 0.25) is 0 Å². The summed E-state index contributed by atoms with van der Waals surface area (Å²) >= 11 is 0. The van der Waals surface area contributed by atoms with Crippen molar-refractivity contribution in [1.29, 1.82) is 0 Å². The van der Waals surface area contributed by atoms with Gasteiger partial charge in [-0.15, -0.1) is 0 Å². The van der Waals surface area contributed by atoms with E-state index in [9.17, 15) is 9.90 Å². The number of nitrogens with zero attached hydrogens (tertiary/aromatic N) is 2. The van der Waals surface area contributed by atoms with Gasteiger partial charge in [-0.2, -0.15) is 0 Å². The Hall–Kier alpha value is -4.45. The Balaban J connectivity index is 1.38. The van der Waals surface area contributed by atoms with Crippen molar-refractivity contribution in [3.63, 3.8) is 0 Å². The van der Waals surface area contributed by atoms with Gasteiger partial charge in [-0.1, -0.05) is 54.6 Å². The van der Waals surface area contributed by atoms with E-state index in [4.69, 9.17) is 9.47 Å². The molecular weight excluding hydrogens is 416 g/mol. The predicted molar refractivity (Wildman–Crippen MR) is 126 cm³/mol. The maximum absolute atomic E-state index is 11.8. The first-order valence-electron chi connectivity index (χ1n) is 10.5. The molecular formula is C27H20N2O4. The number of carboxylic acid groups (broad SMARTS) is 1. The van der Waals surface area contributed by atoms with Crippen LogP contribution < -0.4 is 9.47 Å². The van der Waals surface area contributed by atoms with Crippen LogP contribution in [0.15, 0.2) is 91.0 Å². The van der Waals surface area contributed by atoms with E-state index in [2.05, 4.69) is 9.97 Å². The molecule has 0 atom stereocenters. The van der Waals surface area contributed by atoms with Crippen molar-refractivity contribution in [2.24, 2.45) is 0 Å². The molecule has 0 bridgehead atoms. The molecule has 6 heteroatoms. The summed E-state index contributed by atoms with van der Waals surface area (Å²) in [6, 6.07) is 28.1. The number of pyridine rings is 2. The molecule has 0 spiro atoms. The Morgan fingerprint density at radius 2 is 1.24 bits per heavy atom. The van der Waals surface area contributed by atoms with Crippen molar-refractivity contribution in [2.45, 2.75) is 13.2 Å². The molecule has 2 aromatic heterocycles. The average molecular weight is 436 g/mol. The Morgan fingerprint density at radius 1 is 0.667 bits per heavy atom. The fraction of sp³-hybridized carbons (Fsp3) is 0.0741. The lowest BCUT2D eigenvalue weighted by molar-refractivity contribution is 0.0690. The number of carboxylic acids is 1. The summed E-state index contributed by atoms with van der Waals surface area (Å²) in [6.07, 6.45) is 0. The third-order valence-electron chi connectivity index (χ3n) is 5.26. The Morgan fingerprint density at radius 3 is 1.85 bits per heavy atom. The molecule has 0 saturated heterocycles. The van der Waals surface area contributed by atoms with Crippen molar-refractivity contribution in [3.8, 4) is 11.5 Å². The first kappa shape index (κ1) is 20.5. The minimum atomic E-state index is -1.09. The molecule has 162 valence electrons. The van der Waals surface area contributed by atoms with Crippen LogP contribution in [0.4, 0.5) is 0 Å². The quantitative estimate of drug-likeness (QED) is 0.356. The van der Waals surface area contributed by atoms with Crippen molar-refractivity contribution in [2.75, 3.05) is 0 Å². The smallest absolute Gasteiger partial charge is 0.339 e. The lowest BCUT2D eigenvalue weighted by atomic mass is 10.2. The highest BCUT2D eigenvalue weighted by molar-refractivity contribution is 5.92. The first-order chi connectivity index (χ1) is 16.2. The van der Waals surface area contributed by atoms with Gasteiger partial charge in [-0.05, 0) is 36.4 Å². The largest absolute Gasteiger partial charge is 0.483 e. The van der Waals surface area contributed by atoms with E-state index in [1.807, 2.05) is 72.8 Å². The van der Waals surface area contributed by atoms with E-state index in [0.29, 0.717) is 11.4 Å². The van der Waals surface area contributed by atoms with Gasteiger partial charge in [0.1, 0.15) is 18.8 Å². The molecule has 1 N–H and O–H groups in total. The van der Waals surface area contributed by atoms with Crippen LogP contribution in [0.2, 0.25) is 0 Å². The van der Waals surface area contributed by atoms with Crippen molar-refractivity contribution < 1.29 is 19.4 Å². The highest BCUT2D eigenvalue weighted by Gasteiger charge is 2.17. The second kappa shape index (κ2) is 8.96. The monoisotopic (exact) mass is 436 g/mol. The van der Waals surface area contributed by atoms with E-state index in [1.165, 1.54) is 6.07 Å². The number of hydrogen-bond donors (Lipinski definition) is 1. The minimum Gasteiger partial charge on any atom is -0.483 e. The van der Waals surface area contributed by atoms with Gasteiger partial charge in [-0.25, -0.2) is 14.8 Å².